The molecule has 0 aliphatic rings. The third-order valence-electron chi connectivity index (χ3n) is 1.82. The Bertz CT molecular complexity index is 363. The largest absolute Gasteiger partial charge is 0.261 e. The molecule has 1 heterocycles. The molecule has 0 unspecified atom stereocenters. The Hall–Kier alpha value is -1.11. The summed E-state index contributed by atoms with van der Waals surface area (Å²) in [5, 5.41) is 2.51. The molecule has 0 amide bonds. The van der Waals surface area contributed by atoms with E-state index in [1.54, 1.807) is 0 Å². The molecule has 0 aliphatic heterocycles. The van der Waals surface area contributed by atoms with Gasteiger partial charge in [-0.3, -0.25) is 4.98 Å². The van der Waals surface area contributed by atoms with Crippen molar-refractivity contribution in [1.82, 2.24) is 4.98 Å². The van der Waals surface area contributed by atoms with Crippen molar-refractivity contribution in [2.45, 2.75) is 41.0 Å². The first kappa shape index (κ1) is 12.9. The first-order valence-corrected chi connectivity index (χ1v) is 5.25. The standard InChI is InChI=1S/C10H13N.C3H8/c1-4-9-6-7-11-8(3)10(9)5-2;1-3-2/h4-7H,1-3H3;3H2,1-2H3/b9-4-,10-5-;. The lowest BCUT2D eigenvalue weighted by Gasteiger charge is -1.92. The maximum Gasteiger partial charge on any atom is 0.0447 e. The van der Waals surface area contributed by atoms with Crippen molar-refractivity contribution in [2.75, 3.05) is 0 Å². The Kier molecular flexibility index (Phi) is 6.73. The molecule has 1 aromatic heterocycles. The predicted molar refractivity (Wildman–Crippen MR) is 64.5 cm³/mol. The first-order valence-electron chi connectivity index (χ1n) is 5.25. The molecule has 0 saturated carbocycles. The van der Waals surface area contributed by atoms with Crippen molar-refractivity contribution in [2.24, 2.45) is 0 Å². The van der Waals surface area contributed by atoms with Crippen molar-refractivity contribution in [1.29, 1.82) is 0 Å². The summed E-state index contributed by atoms with van der Waals surface area (Å²) in [4.78, 5) is 4.21. The second kappa shape index (κ2) is 7.31. The van der Waals surface area contributed by atoms with Crippen LogP contribution in [0.2, 0.25) is 0 Å². The summed E-state index contributed by atoms with van der Waals surface area (Å²) in [5.41, 5.74) is 1.10. The zero-order chi connectivity index (χ0) is 11.0. The van der Waals surface area contributed by atoms with Crippen molar-refractivity contribution >= 4 is 12.2 Å². The Labute approximate surface area is 87.2 Å². The molecule has 0 fully saturated rings. The smallest absolute Gasteiger partial charge is 0.0447 e. The second-order valence-electron chi connectivity index (χ2n) is 3.18. The average Bonchev–Trinajstić information content (AvgIpc) is 2.18. The van der Waals surface area contributed by atoms with Crippen LogP contribution in [0.5, 0.6) is 0 Å². The van der Waals surface area contributed by atoms with E-state index in [1.807, 2.05) is 33.0 Å². The highest BCUT2D eigenvalue weighted by atomic mass is 14.6. The lowest BCUT2D eigenvalue weighted by Crippen LogP contribution is -2.27. The zero-order valence-corrected chi connectivity index (χ0v) is 9.96. The summed E-state index contributed by atoms with van der Waals surface area (Å²) < 4.78 is 0. The number of nitrogens with zero attached hydrogens (tertiary/aromatic N) is 1. The van der Waals surface area contributed by atoms with Gasteiger partial charge in [0, 0.05) is 11.9 Å². The van der Waals surface area contributed by atoms with Gasteiger partial charge in [-0.05, 0) is 37.3 Å². The average molecular weight is 191 g/mol. The van der Waals surface area contributed by atoms with Gasteiger partial charge in [-0.1, -0.05) is 32.4 Å². The molecule has 0 aliphatic carbocycles. The maximum atomic E-state index is 4.21. The predicted octanol–water partition coefficient (Wildman–Crippen LogP) is 2.41. The quantitative estimate of drug-likeness (QED) is 0.613. The topological polar surface area (TPSA) is 12.9 Å². The van der Waals surface area contributed by atoms with Crippen LogP contribution in [0.25, 0.3) is 12.2 Å². The van der Waals surface area contributed by atoms with Crippen molar-refractivity contribution in [3.8, 4) is 0 Å². The van der Waals surface area contributed by atoms with E-state index in [4.69, 9.17) is 0 Å². The SMILES string of the molecule is C/C=c1/ccnc(C)/c1=C/C.CCC. The molecule has 0 spiro atoms. The molecular weight excluding hydrogens is 170 g/mol. The third kappa shape index (κ3) is 3.73. The molecule has 0 radical (unpaired) electrons. The molecule has 0 bridgehead atoms. The minimum atomic E-state index is 1.10. The lowest BCUT2D eigenvalue weighted by atomic mass is 10.2. The van der Waals surface area contributed by atoms with E-state index in [-0.39, 0.29) is 0 Å². The van der Waals surface area contributed by atoms with E-state index in [9.17, 15) is 0 Å². The molecule has 0 saturated heterocycles. The summed E-state index contributed by atoms with van der Waals surface area (Å²) in [5.74, 6) is 0. The monoisotopic (exact) mass is 191 g/mol. The molecular formula is C13H21N. The van der Waals surface area contributed by atoms with Crippen LogP contribution in [0.1, 0.15) is 39.8 Å². The second-order valence-corrected chi connectivity index (χ2v) is 3.18. The minimum absolute atomic E-state index is 1.10. The molecule has 0 atom stereocenters. The van der Waals surface area contributed by atoms with Crippen LogP contribution in [0.4, 0.5) is 0 Å². The highest BCUT2D eigenvalue weighted by Gasteiger charge is 1.87. The van der Waals surface area contributed by atoms with Crippen LogP contribution >= 0.6 is 0 Å². The van der Waals surface area contributed by atoms with E-state index >= 15 is 0 Å². The molecule has 1 aromatic rings. The van der Waals surface area contributed by atoms with Crippen LogP contribution in [0.15, 0.2) is 12.3 Å². The van der Waals surface area contributed by atoms with E-state index < -0.39 is 0 Å². The van der Waals surface area contributed by atoms with Gasteiger partial charge in [0.15, 0.2) is 0 Å². The van der Waals surface area contributed by atoms with Crippen LogP contribution in [0.3, 0.4) is 0 Å². The van der Waals surface area contributed by atoms with E-state index in [2.05, 4.69) is 31.0 Å². The number of aromatic nitrogens is 1. The van der Waals surface area contributed by atoms with Crippen LogP contribution < -0.4 is 10.4 Å². The molecule has 78 valence electrons. The van der Waals surface area contributed by atoms with E-state index in [1.165, 1.54) is 16.9 Å². The van der Waals surface area contributed by atoms with Gasteiger partial charge in [-0.25, -0.2) is 0 Å². The molecule has 1 nitrogen and oxygen atoms in total. The van der Waals surface area contributed by atoms with Gasteiger partial charge >= 0.3 is 0 Å². The van der Waals surface area contributed by atoms with Gasteiger partial charge in [0.2, 0.25) is 0 Å². The third-order valence-corrected chi connectivity index (χ3v) is 1.82. The van der Waals surface area contributed by atoms with Crippen molar-refractivity contribution in [3.63, 3.8) is 0 Å². The van der Waals surface area contributed by atoms with Crippen LogP contribution in [-0.2, 0) is 0 Å². The summed E-state index contributed by atoms with van der Waals surface area (Å²) in [6, 6.07) is 2.03. The van der Waals surface area contributed by atoms with Gasteiger partial charge in [0.25, 0.3) is 0 Å². The lowest BCUT2D eigenvalue weighted by molar-refractivity contribution is 1.09. The fraction of sp³-hybridized carbons (Fsp3) is 0.462. The Morgan fingerprint density at radius 3 is 2.14 bits per heavy atom. The van der Waals surface area contributed by atoms with Gasteiger partial charge in [0.05, 0.1) is 0 Å². The summed E-state index contributed by atoms with van der Waals surface area (Å²) in [7, 11) is 0. The highest BCUT2D eigenvalue weighted by molar-refractivity contribution is 5.30. The molecule has 0 N–H and O–H groups in total. The normalized spacial score (nSPS) is 12.4. The number of hydrogen-bond donors (Lipinski definition) is 0. The van der Waals surface area contributed by atoms with Gasteiger partial charge in [-0.2, -0.15) is 0 Å². The van der Waals surface area contributed by atoms with Crippen molar-refractivity contribution in [3.05, 3.63) is 28.4 Å². The van der Waals surface area contributed by atoms with Gasteiger partial charge < -0.3 is 0 Å². The summed E-state index contributed by atoms with van der Waals surface area (Å²) >= 11 is 0. The number of rotatable bonds is 0. The maximum absolute atomic E-state index is 4.21. The minimum Gasteiger partial charge on any atom is -0.261 e. The summed E-state index contributed by atoms with van der Waals surface area (Å²) in [6.07, 6.45) is 7.29. The Morgan fingerprint density at radius 1 is 1.21 bits per heavy atom. The van der Waals surface area contributed by atoms with Crippen molar-refractivity contribution < 1.29 is 0 Å². The molecule has 0 aromatic carbocycles. The number of aryl methyl sites for hydroxylation is 1. The highest BCUT2D eigenvalue weighted by Crippen LogP contribution is 1.76. The van der Waals surface area contributed by atoms with E-state index in [0.29, 0.717) is 0 Å². The molecule has 1 rings (SSSR count). The Balaban J connectivity index is 0.000000500. The first-order chi connectivity index (χ1) is 6.71. The fourth-order valence-electron chi connectivity index (χ4n) is 1.22. The fourth-order valence-corrected chi connectivity index (χ4v) is 1.22. The van der Waals surface area contributed by atoms with Crippen LogP contribution in [0, 0.1) is 6.92 Å². The molecule has 14 heavy (non-hydrogen) atoms. The number of hydrogen-bond acceptors (Lipinski definition) is 1. The summed E-state index contributed by atoms with van der Waals surface area (Å²) in [6.45, 7) is 10.4. The van der Waals surface area contributed by atoms with E-state index in [0.717, 1.165) is 5.69 Å². The van der Waals surface area contributed by atoms with Gasteiger partial charge in [-0.15, -0.1) is 0 Å². The zero-order valence-electron chi connectivity index (χ0n) is 9.96. The van der Waals surface area contributed by atoms with Gasteiger partial charge in [0.1, 0.15) is 0 Å². The van der Waals surface area contributed by atoms with Crippen LogP contribution in [-0.4, -0.2) is 4.98 Å². The Morgan fingerprint density at radius 2 is 1.79 bits per heavy atom. The number of pyridine rings is 1. The molecule has 1 heteroatoms.